The lowest BCUT2D eigenvalue weighted by molar-refractivity contribution is 0.397. The molecule has 0 aliphatic carbocycles. The second kappa shape index (κ2) is 5.87. The number of nitrogens with zero attached hydrogens (tertiary/aromatic N) is 2. The minimum Gasteiger partial charge on any atom is -0.481 e. The molecule has 106 valence electrons. The Morgan fingerprint density at radius 3 is 2.75 bits per heavy atom. The predicted octanol–water partition coefficient (Wildman–Crippen LogP) is 1.50. The maximum absolute atomic E-state index is 11.7. The Morgan fingerprint density at radius 1 is 1.25 bits per heavy atom. The Balaban J connectivity index is 2.19. The number of hydrogen-bond acceptors (Lipinski definition) is 6. The lowest BCUT2D eigenvalue weighted by atomic mass is 10.2. The zero-order chi connectivity index (χ0) is 14.6. The molecule has 0 unspecified atom stereocenters. The standard InChI is InChI=1S/C13H15N3O3S/c1-19-12-8-10(5-7-14-12)9-16-13-11(20(2,17)18)4-3-6-15-13/h3-8H,9H2,1-2H3,(H,15,16). The number of anilines is 1. The molecule has 0 amide bonds. The molecule has 0 saturated carbocycles. The average molecular weight is 293 g/mol. The van der Waals surface area contributed by atoms with Crippen molar-refractivity contribution in [2.45, 2.75) is 11.4 Å². The number of ether oxygens (including phenoxy) is 1. The topological polar surface area (TPSA) is 81.2 Å². The number of aromatic nitrogens is 2. The number of rotatable bonds is 5. The van der Waals surface area contributed by atoms with Gasteiger partial charge < -0.3 is 10.1 Å². The summed E-state index contributed by atoms with van der Waals surface area (Å²) in [5, 5.41) is 3.01. The van der Waals surface area contributed by atoms with Gasteiger partial charge in [0.05, 0.1) is 7.11 Å². The van der Waals surface area contributed by atoms with Crippen LogP contribution in [0.1, 0.15) is 5.56 Å². The fourth-order valence-corrected chi connectivity index (χ4v) is 2.48. The summed E-state index contributed by atoms with van der Waals surface area (Å²) >= 11 is 0. The van der Waals surface area contributed by atoms with Gasteiger partial charge in [-0.15, -0.1) is 0 Å². The van der Waals surface area contributed by atoms with Gasteiger partial charge >= 0.3 is 0 Å². The summed E-state index contributed by atoms with van der Waals surface area (Å²) < 4.78 is 28.3. The maximum Gasteiger partial charge on any atom is 0.213 e. The van der Waals surface area contributed by atoms with Gasteiger partial charge in [0.15, 0.2) is 9.84 Å². The molecule has 6 nitrogen and oxygen atoms in total. The molecule has 2 aromatic rings. The maximum atomic E-state index is 11.7. The normalized spacial score (nSPS) is 11.1. The molecule has 1 N–H and O–H groups in total. The van der Waals surface area contributed by atoms with Crippen LogP contribution < -0.4 is 10.1 Å². The first-order valence-electron chi connectivity index (χ1n) is 5.88. The second-order valence-corrected chi connectivity index (χ2v) is 6.17. The van der Waals surface area contributed by atoms with Crippen LogP contribution in [0.5, 0.6) is 5.88 Å². The summed E-state index contributed by atoms with van der Waals surface area (Å²) in [6.07, 6.45) is 4.33. The van der Waals surface area contributed by atoms with Crippen molar-refractivity contribution in [2.24, 2.45) is 0 Å². The number of sulfone groups is 1. The van der Waals surface area contributed by atoms with Crippen LogP contribution in [0.15, 0.2) is 41.6 Å². The van der Waals surface area contributed by atoms with Gasteiger partial charge in [0.1, 0.15) is 10.7 Å². The van der Waals surface area contributed by atoms with E-state index in [2.05, 4.69) is 15.3 Å². The number of methoxy groups -OCH3 is 1. The molecule has 2 aromatic heterocycles. The van der Waals surface area contributed by atoms with Crippen LogP contribution in [0.2, 0.25) is 0 Å². The van der Waals surface area contributed by atoms with Crippen molar-refractivity contribution in [2.75, 3.05) is 18.7 Å². The van der Waals surface area contributed by atoms with Crippen molar-refractivity contribution >= 4 is 15.7 Å². The first-order valence-corrected chi connectivity index (χ1v) is 7.77. The van der Waals surface area contributed by atoms with E-state index in [0.29, 0.717) is 18.2 Å². The van der Waals surface area contributed by atoms with Gasteiger partial charge in [0, 0.05) is 31.3 Å². The van der Waals surface area contributed by atoms with Crippen LogP contribution in [0.4, 0.5) is 5.82 Å². The molecule has 2 heterocycles. The minimum atomic E-state index is -3.31. The van der Waals surface area contributed by atoms with Crippen LogP contribution in [-0.4, -0.2) is 31.8 Å². The van der Waals surface area contributed by atoms with E-state index in [-0.39, 0.29) is 4.90 Å². The first kappa shape index (κ1) is 14.3. The second-order valence-electron chi connectivity index (χ2n) is 4.18. The third kappa shape index (κ3) is 3.45. The lowest BCUT2D eigenvalue weighted by Gasteiger charge is -2.10. The number of nitrogens with one attached hydrogen (secondary N) is 1. The van der Waals surface area contributed by atoms with Crippen molar-refractivity contribution in [3.05, 3.63) is 42.2 Å². The highest BCUT2D eigenvalue weighted by molar-refractivity contribution is 7.90. The van der Waals surface area contributed by atoms with Gasteiger partial charge in [-0.25, -0.2) is 18.4 Å². The third-order valence-corrected chi connectivity index (χ3v) is 3.77. The predicted molar refractivity (Wildman–Crippen MR) is 75.5 cm³/mol. The van der Waals surface area contributed by atoms with E-state index in [1.165, 1.54) is 6.07 Å². The Hall–Kier alpha value is -2.15. The molecule has 0 spiro atoms. The quantitative estimate of drug-likeness (QED) is 0.899. The molecule has 0 saturated heterocycles. The molecule has 0 fully saturated rings. The van der Waals surface area contributed by atoms with Gasteiger partial charge in [-0.05, 0) is 23.8 Å². The molecule has 0 atom stereocenters. The van der Waals surface area contributed by atoms with E-state index in [4.69, 9.17) is 4.74 Å². The van der Waals surface area contributed by atoms with E-state index in [9.17, 15) is 8.42 Å². The fraction of sp³-hybridized carbons (Fsp3) is 0.231. The van der Waals surface area contributed by atoms with Crippen LogP contribution >= 0.6 is 0 Å². The van der Waals surface area contributed by atoms with E-state index in [0.717, 1.165) is 11.8 Å². The first-order chi connectivity index (χ1) is 9.50. The van der Waals surface area contributed by atoms with Crippen LogP contribution in [0.3, 0.4) is 0 Å². The highest BCUT2D eigenvalue weighted by Crippen LogP contribution is 2.19. The van der Waals surface area contributed by atoms with Crippen LogP contribution in [0.25, 0.3) is 0 Å². The van der Waals surface area contributed by atoms with Crippen molar-refractivity contribution in [3.8, 4) is 5.88 Å². The molecule has 0 radical (unpaired) electrons. The van der Waals surface area contributed by atoms with Gasteiger partial charge in [-0.1, -0.05) is 0 Å². The van der Waals surface area contributed by atoms with Gasteiger partial charge in [0.2, 0.25) is 5.88 Å². The van der Waals surface area contributed by atoms with Crippen LogP contribution in [0, 0.1) is 0 Å². The summed E-state index contributed by atoms with van der Waals surface area (Å²) in [6.45, 7) is 0.429. The smallest absolute Gasteiger partial charge is 0.213 e. The minimum absolute atomic E-state index is 0.182. The van der Waals surface area contributed by atoms with Gasteiger partial charge in [-0.3, -0.25) is 0 Å². The molecule has 0 aliphatic heterocycles. The third-order valence-electron chi connectivity index (χ3n) is 2.64. The average Bonchev–Trinajstić information content (AvgIpc) is 2.44. The Bertz CT molecular complexity index is 702. The van der Waals surface area contributed by atoms with Crippen LogP contribution in [-0.2, 0) is 16.4 Å². The van der Waals surface area contributed by atoms with Gasteiger partial charge in [0.25, 0.3) is 0 Å². The molecule has 7 heteroatoms. The zero-order valence-electron chi connectivity index (χ0n) is 11.2. The van der Waals surface area contributed by atoms with Crippen molar-refractivity contribution in [1.29, 1.82) is 0 Å². The lowest BCUT2D eigenvalue weighted by Crippen LogP contribution is -2.08. The highest BCUT2D eigenvalue weighted by atomic mass is 32.2. The largest absolute Gasteiger partial charge is 0.481 e. The molecule has 0 bridgehead atoms. The molecular formula is C13H15N3O3S. The molecular weight excluding hydrogens is 278 g/mol. The van der Waals surface area contributed by atoms with E-state index < -0.39 is 9.84 Å². The molecule has 2 rings (SSSR count). The summed E-state index contributed by atoms with van der Waals surface area (Å²) in [7, 11) is -1.77. The highest BCUT2D eigenvalue weighted by Gasteiger charge is 2.13. The summed E-state index contributed by atoms with van der Waals surface area (Å²) in [6, 6.07) is 6.71. The Labute approximate surface area is 117 Å². The SMILES string of the molecule is COc1cc(CNc2ncccc2S(C)(=O)=O)ccn1. The van der Waals surface area contributed by atoms with Crippen molar-refractivity contribution < 1.29 is 13.2 Å². The summed E-state index contributed by atoms with van der Waals surface area (Å²) in [5.41, 5.74) is 0.918. The molecule has 0 aliphatic rings. The summed E-state index contributed by atoms with van der Waals surface area (Å²) in [4.78, 5) is 8.26. The Kier molecular flexibility index (Phi) is 4.19. The Morgan fingerprint density at radius 2 is 2.05 bits per heavy atom. The fourth-order valence-electron chi connectivity index (χ4n) is 1.68. The number of pyridine rings is 2. The van der Waals surface area contributed by atoms with E-state index >= 15 is 0 Å². The van der Waals surface area contributed by atoms with E-state index in [1.54, 1.807) is 31.6 Å². The monoisotopic (exact) mass is 293 g/mol. The molecule has 0 aromatic carbocycles. The van der Waals surface area contributed by atoms with Gasteiger partial charge in [-0.2, -0.15) is 0 Å². The zero-order valence-corrected chi connectivity index (χ0v) is 12.0. The van der Waals surface area contributed by atoms with Crippen molar-refractivity contribution in [1.82, 2.24) is 9.97 Å². The van der Waals surface area contributed by atoms with E-state index in [1.807, 2.05) is 6.07 Å². The number of hydrogen-bond donors (Lipinski definition) is 1. The van der Waals surface area contributed by atoms with Crippen molar-refractivity contribution in [3.63, 3.8) is 0 Å². The molecule has 20 heavy (non-hydrogen) atoms. The summed E-state index contributed by atoms with van der Waals surface area (Å²) in [5.74, 6) is 0.847.